The highest BCUT2D eigenvalue weighted by Crippen LogP contribution is 2.28. The van der Waals surface area contributed by atoms with Gasteiger partial charge in [-0.05, 0) is 50.0 Å². The summed E-state index contributed by atoms with van der Waals surface area (Å²) in [4.78, 5) is 2.55. The minimum absolute atomic E-state index is 0.546. The van der Waals surface area contributed by atoms with Crippen molar-refractivity contribution in [1.29, 1.82) is 0 Å². The molecule has 140 valence electrons. The molecule has 2 aliphatic heterocycles. The van der Waals surface area contributed by atoms with Crippen LogP contribution in [0.5, 0.6) is 5.75 Å². The standard InChI is InChI=1S/C20H29N5O/c1-2-12-26-18-5-3-4-16(13-18)15-24-9-6-17(7-10-24)20-23-22-19-14-21-8-11-25(19)20/h3-5,13,17,21H,2,6-12,14-15H2,1H3. The fourth-order valence-corrected chi connectivity index (χ4v) is 3.98. The molecule has 1 N–H and O–H groups in total. The third-order valence-electron chi connectivity index (χ3n) is 5.38. The smallest absolute Gasteiger partial charge is 0.147 e. The third-order valence-corrected chi connectivity index (χ3v) is 5.38. The van der Waals surface area contributed by atoms with Gasteiger partial charge in [-0.3, -0.25) is 4.90 Å². The van der Waals surface area contributed by atoms with E-state index in [1.54, 1.807) is 0 Å². The van der Waals surface area contributed by atoms with Crippen molar-refractivity contribution < 1.29 is 4.74 Å². The second-order valence-electron chi connectivity index (χ2n) is 7.35. The fraction of sp³-hybridized carbons (Fsp3) is 0.600. The van der Waals surface area contributed by atoms with E-state index in [0.717, 1.165) is 76.7 Å². The predicted octanol–water partition coefficient (Wildman–Crippen LogP) is 2.55. The van der Waals surface area contributed by atoms with Crippen LogP contribution in [0.25, 0.3) is 0 Å². The molecule has 1 aromatic carbocycles. The molecule has 1 aromatic heterocycles. The van der Waals surface area contributed by atoms with Crippen molar-refractivity contribution in [1.82, 2.24) is 25.0 Å². The van der Waals surface area contributed by atoms with E-state index in [9.17, 15) is 0 Å². The molecule has 2 aliphatic rings. The van der Waals surface area contributed by atoms with Gasteiger partial charge in [0.25, 0.3) is 0 Å². The summed E-state index contributed by atoms with van der Waals surface area (Å²) in [5.41, 5.74) is 1.34. The molecule has 0 aliphatic carbocycles. The first-order chi connectivity index (χ1) is 12.8. The van der Waals surface area contributed by atoms with Crippen LogP contribution in [0.2, 0.25) is 0 Å². The average molecular weight is 355 g/mol. The SMILES string of the molecule is CCCOc1cccc(CN2CCC(c3nnc4n3CCNC4)CC2)c1. The molecule has 0 unspecified atom stereocenters. The molecular weight excluding hydrogens is 326 g/mol. The first-order valence-corrected chi connectivity index (χ1v) is 9.90. The maximum absolute atomic E-state index is 5.76. The van der Waals surface area contributed by atoms with Crippen molar-refractivity contribution in [3.05, 3.63) is 41.5 Å². The lowest BCUT2D eigenvalue weighted by molar-refractivity contribution is 0.199. The normalized spacial score (nSPS) is 18.7. The molecule has 0 amide bonds. The lowest BCUT2D eigenvalue weighted by Gasteiger charge is -2.32. The molecule has 0 bridgehead atoms. The highest BCUT2D eigenvalue weighted by Gasteiger charge is 2.26. The Morgan fingerprint density at radius 3 is 2.92 bits per heavy atom. The molecule has 6 nitrogen and oxygen atoms in total. The molecular formula is C20H29N5O. The summed E-state index contributed by atoms with van der Waals surface area (Å²) >= 11 is 0. The minimum atomic E-state index is 0.546. The number of hydrogen-bond donors (Lipinski definition) is 1. The molecule has 3 heterocycles. The molecule has 2 aromatic rings. The van der Waals surface area contributed by atoms with Crippen molar-refractivity contribution in [2.24, 2.45) is 0 Å². The summed E-state index contributed by atoms with van der Waals surface area (Å²) in [5.74, 6) is 3.83. The Morgan fingerprint density at radius 1 is 1.19 bits per heavy atom. The van der Waals surface area contributed by atoms with Gasteiger partial charge in [-0.25, -0.2) is 0 Å². The maximum atomic E-state index is 5.76. The topological polar surface area (TPSA) is 55.2 Å². The minimum Gasteiger partial charge on any atom is -0.494 e. The van der Waals surface area contributed by atoms with Gasteiger partial charge in [-0.1, -0.05) is 19.1 Å². The Bertz CT molecular complexity index is 721. The summed E-state index contributed by atoms with van der Waals surface area (Å²) in [6, 6.07) is 8.54. The van der Waals surface area contributed by atoms with Gasteiger partial charge in [0, 0.05) is 25.6 Å². The van der Waals surface area contributed by atoms with Gasteiger partial charge < -0.3 is 14.6 Å². The van der Waals surface area contributed by atoms with E-state index in [-0.39, 0.29) is 0 Å². The number of likely N-dealkylation sites (tertiary alicyclic amines) is 1. The average Bonchev–Trinajstić information content (AvgIpc) is 3.11. The van der Waals surface area contributed by atoms with E-state index in [1.807, 2.05) is 0 Å². The van der Waals surface area contributed by atoms with Crippen LogP contribution >= 0.6 is 0 Å². The van der Waals surface area contributed by atoms with E-state index in [2.05, 4.69) is 56.2 Å². The molecule has 0 radical (unpaired) electrons. The quantitative estimate of drug-likeness (QED) is 0.863. The molecule has 6 heteroatoms. The van der Waals surface area contributed by atoms with Crippen LogP contribution in [0.15, 0.2) is 24.3 Å². The van der Waals surface area contributed by atoms with Gasteiger partial charge >= 0.3 is 0 Å². The third kappa shape index (κ3) is 3.91. The molecule has 0 saturated carbocycles. The predicted molar refractivity (Wildman–Crippen MR) is 101 cm³/mol. The van der Waals surface area contributed by atoms with Crippen molar-refractivity contribution >= 4 is 0 Å². The lowest BCUT2D eigenvalue weighted by Crippen LogP contribution is -2.34. The first-order valence-electron chi connectivity index (χ1n) is 9.90. The van der Waals surface area contributed by atoms with Crippen LogP contribution in [0, 0.1) is 0 Å². The van der Waals surface area contributed by atoms with Crippen molar-refractivity contribution in [3.8, 4) is 5.75 Å². The number of rotatable bonds is 6. The molecule has 1 saturated heterocycles. The van der Waals surface area contributed by atoms with Gasteiger partial charge in [0.15, 0.2) is 0 Å². The summed E-state index contributed by atoms with van der Waals surface area (Å²) in [6.07, 6.45) is 3.37. The van der Waals surface area contributed by atoms with E-state index in [1.165, 1.54) is 11.4 Å². The van der Waals surface area contributed by atoms with E-state index >= 15 is 0 Å². The number of nitrogens with one attached hydrogen (secondary N) is 1. The number of benzene rings is 1. The van der Waals surface area contributed by atoms with Gasteiger partial charge in [-0.2, -0.15) is 0 Å². The molecule has 0 spiro atoms. The number of ether oxygens (including phenoxy) is 1. The van der Waals surface area contributed by atoms with Crippen LogP contribution in [-0.2, 0) is 19.6 Å². The monoisotopic (exact) mass is 355 g/mol. The number of fused-ring (bicyclic) bond motifs is 1. The van der Waals surface area contributed by atoms with Crippen LogP contribution in [-0.4, -0.2) is 45.9 Å². The van der Waals surface area contributed by atoms with Gasteiger partial charge in [0.2, 0.25) is 0 Å². The Hall–Kier alpha value is -1.92. The van der Waals surface area contributed by atoms with Crippen LogP contribution in [0.3, 0.4) is 0 Å². The summed E-state index contributed by atoms with van der Waals surface area (Å²) in [7, 11) is 0. The molecule has 0 atom stereocenters. The van der Waals surface area contributed by atoms with Gasteiger partial charge in [0.05, 0.1) is 13.2 Å². The van der Waals surface area contributed by atoms with E-state index < -0.39 is 0 Å². The lowest BCUT2D eigenvalue weighted by atomic mass is 9.95. The fourth-order valence-electron chi connectivity index (χ4n) is 3.98. The zero-order valence-corrected chi connectivity index (χ0v) is 15.7. The highest BCUT2D eigenvalue weighted by molar-refractivity contribution is 5.28. The highest BCUT2D eigenvalue weighted by atomic mass is 16.5. The largest absolute Gasteiger partial charge is 0.494 e. The zero-order valence-electron chi connectivity index (χ0n) is 15.7. The van der Waals surface area contributed by atoms with Gasteiger partial charge in [0.1, 0.15) is 17.4 Å². The van der Waals surface area contributed by atoms with E-state index in [0.29, 0.717) is 5.92 Å². The number of aromatic nitrogens is 3. The Kier molecular flexibility index (Phi) is 5.51. The van der Waals surface area contributed by atoms with Gasteiger partial charge in [-0.15, -0.1) is 10.2 Å². The van der Waals surface area contributed by atoms with Crippen molar-refractivity contribution in [2.45, 2.75) is 51.7 Å². The van der Waals surface area contributed by atoms with Crippen molar-refractivity contribution in [2.75, 3.05) is 26.2 Å². The zero-order chi connectivity index (χ0) is 17.8. The number of hydrogen-bond acceptors (Lipinski definition) is 5. The van der Waals surface area contributed by atoms with E-state index in [4.69, 9.17) is 4.74 Å². The molecule has 1 fully saturated rings. The molecule has 4 rings (SSSR count). The Labute approximate surface area is 155 Å². The summed E-state index contributed by atoms with van der Waals surface area (Å²) in [5, 5.41) is 12.3. The maximum Gasteiger partial charge on any atom is 0.147 e. The summed E-state index contributed by atoms with van der Waals surface area (Å²) in [6.45, 7) is 9.02. The number of nitrogens with zero attached hydrogens (tertiary/aromatic N) is 4. The molecule has 26 heavy (non-hydrogen) atoms. The van der Waals surface area contributed by atoms with Crippen LogP contribution < -0.4 is 10.1 Å². The Balaban J connectivity index is 1.33. The van der Waals surface area contributed by atoms with Crippen LogP contribution in [0.4, 0.5) is 0 Å². The summed E-state index contributed by atoms with van der Waals surface area (Å²) < 4.78 is 8.10. The van der Waals surface area contributed by atoms with Crippen molar-refractivity contribution in [3.63, 3.8) is 0 Å². The number of piperidine rings is 1. The second kappa shape index (κ2) is 8.18. The Morgan fingerprint density at radius 2 is 2.08 bits per heavy atom. The second-order valence-corrected chi connectivity index (χ2v) is 7.35. The van der Waals surface area contributed by atoms with Crippen LogP contribution in [0.1, 0.15) is 49.3 Å². The first kappa shape index (κ1) is 17.5.